The van der Waals surface area contributed by atoms with Crippen LogP contribution < -0.4 is 0 Å². The number of hydrogen-bond acceptors (Lipinski definition) is 2. The molecule has 1 aromatic heterocycles. The van der Waals surface area contributed by atoms with Crippen molar-refractivity contribution < 1.29 is 0 Å². The zero-order valence-corrected chi connectivity index (χ0v) is 7.89. The molecular weight excluding hydrogens is 166 g/mol. The number of aromatic nitrogens is 1. The number of pyridine rings is 1. The average Bonchev–Trinajstić information content (AvgIpc) is 2.14. The summed E-state index contributed by atoms with van der Waals surface area (Å²) in [7, 11) is 0. The standard InChI is InChI=1S/C10H13NS/c1-2-8-12-9-5-10-3-6-11-7-4-10/h2-4,6-7H,1,5,8-9H2. The summed E-state index contributed by atoms with van der Waals surface area (Å²) >= 11 is 1.91. The summed E-state index contributed by atoms with van der Waals surface area (Å²) in [6, 6.07) is 4.13. The summed E-state index contributed by atoms with van der Waals surface area (Å²) in [4.78, 5) is 3.97. The zero-order chi connectivity index (χ0) is 8.65. The fraction of sp³-hybridized carbons (Fsp3) is 0.300. The molecule has 0 aliphatic carbocycles. The van der Waals surface area contributed by atoms with Gasteiger partial charge in [0.25, 0.3) is 0 Å². The van der Waals surface area contributed by atoms with Crippen LogP contribution in [0.1, 0.15) is 5.56 Å². The summed E-state index contributed by atoms with van der Waals surface area (Å²) in [6.45, 7) is 3.67. The molecule has 0 saturated carbocycles. The van der Waals surface area contributed by atoms with E-state index < -0.39 is 0 Å². The Bertz CT molecular complexity index is 221. The van der Waals surface area contributed by atoms with Gasteiger partial charge in [-0.3, -0.25) is 4.98 Å². The highest BCUT2D eigenvalue weighted by atomic mass is 32.2. The van der Waals surface area contributed by atoms with Crippen molar-refractivity contribution >= 4 is 11.8 Å². The van der Waals surface area contributed by atoms with E-state index in [1.807, 2.05) is 30.2 Å². The van der Waals surface area contributed by atoms with Crippen LogP contribution in [0.15, 0.2) is 37.2 Å². The fourth-order valence-corrected chi connectivity index (χ4v) is 1.62. The molecule has 0 bridgehead atoms. The summed E-state index contributed by atoms with van der Waals surface area (Å²) in [5, 5.41) is 0. The van der Waals surface area contributed by atoms with Crippen molar-refractivity contribution in [2.75, 3.05) is 11.5 Å². The molecule has 0 fully saturated rings. The largest absolute Gasteiger partial charge is 0.265 e. The molecule has 0 radical (unpaired) electrons. The zero-order valence-electron chi connectivity index (χ0n) is 7.07. The van der Waals surface area contributed by atoms with Gasteiger partial charge in [-0.1, -0.05) is 6.08 Å². The minimum absolute atomic E-state index is 1.05. The van der Waals surface area contributed by atoms with Crippen molar-refractivity contribution in [1.82, 2.24) is 4.98 Å². The van der Waals surface area contributed by atoms with Crippen LogP contribution in [-0.2, 0) is 6.42 Å². The molecule has 1 aromatic rings. The first-order valence-electron chi connectivity index (χ1n) is 4.01. The van der Waals surface area contributed by atoms with E-state index in [1.54, 1.807) is 0 Å². The van der Waals surface area contributed by atoms with E-state index in [2.05, 4.69) is 23.7 Å². The van der Waals surface area contributed by atoms with Gasteiger partial charge in [-0.2, -0.15) is 11.8 Å². The lowest BCUT2D eigenvalue weighted by Crippen LogP contribution is -1.88. The molecule has 0 aliphatic rings. The first-order valence-corrected chi connectivity index (χ1v) is 5.16. The Labute approximate surface area is 77.9 Å². The molecule has 1 rings (SSSR count). The molecular formula is C10H13NS. The van der Waals surface area contributed by atoms with Crippen molar-refractivity contribution in [1.29, 1.82) is 0 Å². The van der Waals surface area contributed by atoms with E-state index >= 15 is 0 Å². The van der Waals surface area contributed by atoms with Gasteiger partial charge in [-0.05, 0) is 29.9 Å². The Morgan fingerprint density at radius 2 is 2.17 bits per heavy atom. The van der Waals surface area contributed by atoms with Gasteiger partial charge in [0.05, 0.1) is 0 Å². The topological polar surface area (TPSA) is 12.9 Å². The second-order valence-electron chi connectivity index (χ2n) is 2.47. The molecule has 0 unspecified atom stereocenters. The lowest BCUT2D eigenvalue weighted by Gasteiger charge is -1.98. The Morgan fingerprint density at radius 1 is 1.42 bits per heavy atom. The van der Waals surface area contributed by atoms with E-state index in [1.165, 1.54) is 5.56 Å². The van der Waals surface area contributed by atoms with Crippen molar-refractivity contribution in [2.24, 2.45) is 0 Å². The van der Waals surface area contributed by atoms with Gasteiger partial charge in [0.1, 0.15) is 0 Å². The van der Waals surface area contributed by atoms with Crippen molar-refractivity contribution in [2.45, 2.75) is 6.42 Å². The average molecular weight is 179 g/mol. The molecule has 0 aromatic carbocycles. The van der Waals surface area contributed by atoms with E-state index in [4.69, 9.17) is 0 Å². The lowest BCUT2D eigenvalue weighted by atomic mass is 10.2. The predicted molar refractivity (Wildman–Crippen MR) is 55.5 cm³/mol. The van der Waals surface area contributed by atoms with Gasteiger partial charge in [0.15, 0.2) is 0 Å². The second kappa shape index (κ2) is 5.84. The van der Waals surface area contributed by atoms with Crippen LogP contribution in [0, 0.1) is 0 Å². The first kappa shape index (κ1) is 9.33. The Hall–Kier alpha value is -0.760. The Morgan fingerprint density at radius 3 is 2.83 bits per heavy atom. The van der Waals surface area contributed by atoms with Gasteiger partial charge in [-0.15, -0.1) is 6.58 Å². The molecule has 0 N–H and O–H groups in total. The molecule has 0 atom stereocenters. The smallest absolute Gasteiger partial charge is 0.0270 e. The SMILES string of the molecule is C=CCSCCc1ccncc1. The van der Waals surface area contributed by atoms with Gasteiger partial charge < -0.3 is 0 Å². The molecule has 0 amide bonds. The van der Waals surface area contributed by atoms with Crippen molar-refractivity contribution in [3.05, 3.63) is 42.7 Å². The monoisotopic (exact) mass is 179 g/mol. The van der Waals surface area contributed by atoms with Gasteiger partial charge in [0, 0.05) is 18.1 Å². The van der Waals surface area contributed by atoms with Crippen LogP contribution in [0.2, 0.25) is 0 Å². The maximum absolute atomic E-state index is 3.97. The molecule has 0 aliphatic heterocycles. The number of rotatable bonds is 5. The molecule has 1 heterocycles. The van der Waals surface area contributed by atoms with Crippen LogP contribution >= 0.6 is 11.8 Å². The van der Waals surface area contributed by atoms with Crippen LogP contribution in [0.4, 0.5) is 0 Å². The second-order valence-corrected chi connectivity index (χ2v) is 3.62. The van der Waals surface area contributed by atoms with E-state index in [-0.39, 0.29) is 0 Å². The molecule has 0 saturated heterocycles. The van der Waals surface area contributed by atoms with Crippen molar-refractivity contribution in [3.8, 4) is 0 Å². The van der Waals surface area contributed by atoms with E-state index in [0.717, 1.165) is 17.9 Å². The van der Waals surface area contributed by atoms with E-state index in [9.17, 15) is 0 Å². The number of thioether (sulfide) groups is 1. The molecule has 64 valence electrons. The van der Waals surface area contributed by atoms with Crippen LogP contribution in [0.25, 0.3) is 0 Å². The predicted octanol–water partition coefficient (Wildman–Crippen LogP) is 2.54. The quantitative estimate of drug-likeness (QED) is 0.509. The Kier molecular flexibility index (Phi) is 4.54. The fourth-order valence-electron chi connectivity index (χ4n) is 0.906. The third-order valence-corrected chi connectivity index (χ3v) is 2.48. The summed E-state index contributed by atoms with van der Waals surface area (Å²) in [5.41, 5.74) is 1.36. The summed E-state index contributed by atoms with van der Waals surface area (Å²) in [5.74, 6) is 2.21. The highest BCUT2D eigenvalue weighted by molar-refractivity contribution is 7.99. The number of nitrogens with zero attached hydrogens (tertiary/aromatic N) is 1. The van der Waals surface area contributed by atoms with Gasteiger partial charge in [0.2, 0.25) is 0 Å². The maximum atomic E-state index is 3.97. The van der Waals surface area contributed by atoms with Crippen molar-refractivity contribution in [3.63, 3.8) is 0 Å². The Balaban J connectivity index is 2.20. The minimum Gasteiger partial charge on any atom is -0.265 e. The molecule has 2 heteroatoms. The normalized spacial score (nSPS) is 9.67. The van der Waals surface area contributed by atoms with Crippen LogP contribution in [0.3, 0.4) is 0 Å². The highest BCUT2D eigenvalue weighted by Gasteiger charge is 1.90. The molecule has 1 nitrogen and oxygen atoms in total. The van der Waals surface area contributed by atoms with Crippen LogP contribution in [0.5, 0.6) is 0 Å². The van der Waals surface area contributed by atoms with Gasteiger partial charge in [-0.25, -0.2) is 0 Å². The summed E-state index contributed by atoms with van der Waals surface area (Å²) in [6.07, 6.45) is 6.75. The molecule has 0 spiro atoms. The lowest BCUT2D eigenvalue weighted by molar-refractivity contribution is 1.13. The third-order valence-electron chi connectivity index (χ3n) is 1.52. The van der Waals surface area contributed by atoms with Gasteiger partial charge >= 0.3 is 0 Å². The summed E-state index contributed by atoms with van der Waals surface area (Å²) < 4.78 is 0. The molecule has 12 heavy (non-hydrogen) atoms. The first-order chi connectivity index (χ1) is 5.93. The number of hydrogen-bond donors (Lipinski definition) is 0. The minimum atomic E-state index is 1.05. The maximum Gasteiger partial charge on any atom is 0.0270 e. The van der Waals surface area contributed by atoms with Crippen LogP contribution in [-0.4, -0.2) is 16.5 Å². The third kappa shape index (κ3) is 3.58. The number of aryl methyl sites for hydroxylation is 1. The highest BCUT2D eigenvalue weighted by Crippen LogP contribution is 2.05. The van der Waals surface area contributed by atoms with E-state index in [0.29, 0.717) is 0 Å².